The fourth-order valence-corrected chi connectivity index (χ4v) is 2.30. The first-order valence-electron chi connectivity index (χ1n) is 5.63. The molecule has 2 nitrogen and oxygen atoms in total. The van der Waals surface area contributed by atoms with Crippen LogP contribution in [0.5, 0.6) is 0 Å². The lowest BCUT2D eigenvalue weighted by atomic mass is 10.0. The molecule has 2 aromatic rings. The smallest absolute Gasteiger partial charge is 0.117 e. The molecule has 0 saturated carbocycles. The summed E-state index contributed by atoms with van der Waals surface area (Å²) < 4.78 is 11.5. The molecular weight excluding hydrogens is 200 g/mol. The molecule has 0 aliphatic heterocycles. The number of hydrogen-bond acceptors (Lipinski definition) is 2. The first kappa shape index (κ1) is 11.1. The molecule has 86 valence electrons. The van der Waals surface area contributed by atoms with E-state index in [-0.39, 0.29) is 5.92 Å². The third-order valence-corrected chi connectivity index (χ3v) is 2.95. The van der Waals surface area contributed by atoms with E-state index in [9.17, 15) is 0 Å². The molecule has 16 heavy (non-hydrogen) atoms. The molecule has 0 N–H and O–H groups in total. The predicted octanol–water partition coefficient (Wildman–Crippen LogP) is 4.26. The molecule has 0 saturated heterocycles. The number of aryl methyl sites for hydroxylation is 4. The molecule has 2 heteroatoms. The summed E-state index contributed by atoms with van der Waals surface area (Å²) in [7, 11) is 0. The van der Waals surface area contributed by atoms with Crippen LogP contribution in [-0.4, -0.2) is 0 Å². The van der Waals surface area contributed by atoms with E-state index in [0.717, 1.165) is 23.0 Å². The Balaban J connectivity index is 2.42. The standard InChI is InChI=1S/C14H18O2/c1-8-6-10(3)15-13(8)12(5)14-9(2)7-11(4)16-14/h6-7,12H,1-5H3. The molecule has 0 aliphatic carbocycles. The van der Waals surface area contributed by atoms with Gasteiger partial charge < -0.3 is 8.83 Å². The van der Waals surface area contributed by atoms with Crippen LogP contribution >= 0.6 is 0 Å². The van der Waals surface area contributed by atoms with E-state index in [2.05, 4.69) is 32.9 Å². The second-order valence-electron chi connectivity index (χ2n) is 4.53. The highest BCUT2D eigenvalue weighted by atomic mass is 16.4. The minimum Gasteiger partial charge on any atom is -0.465 e. The average Bonchev–Trinajstić information content (AvgIpc) is 2.68. The van der Waals surface area contributed by atoms with E-state index in [4.69, 9.17) is 8.83 Å². The van der Waals surface area contributed by atoms with Gasteiger partial charge in [0, 0.05) is 0 Å². The van der Waals surface area contributed by atoms with Crippen molar-refractivity contribution in [1.29, 1.82) is 0 Å². The number of rotatable bonds is 2. The highest BCUT2D eigenvalue weighted by Gasteiger charge is 2.20. The van der Waals surface area contributed by atoms with Crippen LogP contribution < -0.4 is 0 Å². The first-order chi connectivity index (χ1) is 7.49. The van der Waals surface area contributed by atoms with Gasteiger partial charge in [0.25, 0.3) is 0 Å². The highest BCUT2D eigenvalue weighted by molar-refractivity contribution is 5.32. The van der Waals surface area contributed by atoms with E-state index in [0.29, 0.717) is 0 Å². The van der Waals surface area contributed by atoms with Gasteiger partial charge in [-0.05, 0) is 57.9 Å². The highest BCUT2D eigenvalue weighted by Crippen LogP contribution is 2.32. The topological polar surface area (TPSA) is 26.3 Å². The SMILES string of the molecule is Cc1cc(C)c(C(C)c2oc(C)cc2C)o1. The summed E-state index contributed by atoms with van der Waals surface area (Å²) in [6.07, 6.45) is 0. The lowest BCUT2D eigenvalue weighted by Gasteiger charge is -2.08. The molecule has 0 aromatic carbocycles. The van der Waals surface area contributed by atoms with Gasteiger partial charge in [-0.2, -0.15) is 0 Å². The summed E-state index contributed by atoms with van der Waals surface area (Å²) in [6.45, 7) is 10.2. The number of furan rings is 2. The van der Waals surface area contributed by atoms with Crippen LogP contribution in [0.4, 0.5) is 0 Å². The maximum Gasteiger partial charge on any atom is 0.117 e. The Morgan fingerprint density at radius 3 is 1.44 bits per heavy atom. The van der Waals surface area contributed by atoms with Gasteiger partial charge >= 0.3 is 0 Å². The van der Waals surface area contributed by atoms with Gasteiger partial charge in [0.05, 0.1) is 5.92 Å². The van der Waals surface area contributed by atoms with Gasteiger partial charge in [0.2, 0.25) is 0 Å². The lowest BCUT2D eigenvalue weighted by molar-refractivity contribution is 0.415. The van der Waals surface area contributed by atoms with Crippen molar-refractivity contribution in [3.8, 4) is 0 Å². The Morgan fingerprint density at radius 1 is 0.812 bits per heavy atom. The minimum absolute atomic E-state index is 0.183. The van der Waals surface area contributed by atoms with Crippen molar-refractivity contribution in [2.45, 2.75) is 40.5 Å². The fourth-order valence-electron chi connectivity index (χ4n) is 2.30. The van der Waals surface area contributed by atoms with Crippen molar-refractivity contribution in [3.63, 3.8) is 0 Å². The molecule has 0 radical (unpaired) electrons. The summed E-state index contributed by atoms with van der Waals surface area (Å²) >= 11 is 0. The predicted molar refractivity (Wildman–Crippen MR) is 63.9 cm³/mol. The van der Waals surface area contributed by atoms with Gasteiger partial charge in [0.15, 0.2) is 0 Å². The molecule has 0 bridgehead atoms. The minimum atomic E-state index is 0.183. The largest absolute Gasteiger partial charge is 0.465 e. The zero-order valence-corrected chi connectivity index (χ0v) is 10.5. The molecule has 0 spiro atoms. The molecule has 0 atom stereocenters. The van der Waals surface area contributed by atoms with Crippen molar-refractivity contribution >= 4 is 0 Å². The quantitative estimate of drug-likeness (QED) is 0.752. The second kappa shape index (κ2) is 3.85. The fraction of sp³-hybridized carbons (Fsp3) is 0.429. The summed E-state index contributed by atoms with van der Waals surface area (Å²) in [5, 5.41) is 0. The molecule has 0 amide bonds. The lowest BCUT2D eigenvalue weighted by Crippen LogP contribution is -1.96. The van der Waals surface area contributed by atoms with Crippen LogP contribution in [0.1, 0.15) is 47.0 Å². The number of hydrogen-bond donors (Lipinski definition) is 0. The van der Waals surface area contributed by atoms with Crippen LogP contribution in [0.3, 0.4) is 0 Å². The summed E-state index contributed by atoms with van der Waals surface area (Å²) in [4.78, 5) is 0. The van der Waals surface area contributed by atoms with Crippen molar-refractivity contribution in [1.82, 2.24) is 0 Å². The van der Waals surface area contributed by atoms with Crippen molar-refractivity contribution in [2.24, 2.45) is 0 Å². The molecule has 0 unspecified atom stereocenters. The maximum absolute atomic E-state index is 5.73. The molecule has 0 aliphatic rings. The summed E-state index contributed by atoms with van der Waals surface area (Å²) in [5.41, 5.74) is 2.39. The van der Waals surface area contributed by atoms with Crippen molar-refractivity contribution in [2.75, 3.05) is 0 Å². The van der Waals surface area contributed by atoms with Gasteiger partial charge in [-0.3, -0.25) is 0 Å². The molecule has 0 fully saturated rings. The molecular formula is C14H18O2. The van der Waals surface area contributed by atoms with Crippen molar-refractivity contribution in [3.05, 3.63) is 46.3 Å². The Kier molecular flexibility index (Phi) is 2.66. The average molecular weight is 218 g/mol. The van der Waals surface area contributed by atoms with E-state index < -0.39 is 0 Å². The molecule has 2 heterocycles. The third kappa shape index (κ3) is 1.80. The van der Waals surface area contributed by atoms with Crippen LogP contribution in [0.2, 0.25) is 0 Å². The monoisotopic (exact) mass is 218 g/mol. The zero-order chi connectivity index (χ0) is 11.9. The van der Waals surface area contributed by atoms with Crippen molar-refractivity contribution < 1.29 is 8.83 Å². The van der Waals surface area contributed by atoms with Gasteiger partial charge in [-0.15, -0.1) is 0 Å². The van der Waals surface area contributed by atoms with E-state index in [1.807, 2.05) is 13.8 Å². The third-order valence-electron chi connectivity index (χ3n) is 2.95. The summed E-state index contributed by atoms with van der Waals surface area (Å²) in [6, 6.07) is 4.13. The Labute approximate surface area is 96.3 Å². The van der Waals surface area contributed by atoms with E-state index >= 15 is 0 Å². The summed E-state index contributed by atoms with van der Waals surface area (Å²) in [5.74, 6) is 4.12. The Bertz CT molecular complexity index is 457. The van der Waals surface area contributed by atoms with Crippen LogP contribution in [0, 0.1) is 27.7 Å². The van der Waals surface area contributed by atoms with Gasteiger partial charge in [-0.1, -0.05) is 0 Å². The first-order valence-corrected chi connectivity index (χ1v) is 5.63. The van der Waals surface area contributed by atoms with Crippen LogP contribution in [0.25, 0.3) is 0 Å². The van der Waals surface area contributed by atoms with Gasteiger partial charge in [-0.25, -0.2) is 0 Å². The molecule has 2 aromatic heterocycles. The Hall–Kier alpha value is -1.44. The van der Waals surface area contributed by atoms with Gasteiger partial charge in [0.1, 0.15) is 23.0 Å². The van der Waals surface area contributed by atoms with Crippen LogP contribution in [-0.2, 0) is 0 Å². The van der Waals surface area contributed by atoms with E-state index in [1.54, 1.807) is 0 Å². The van der Waals surface area contributed by atoms with Crippen LogP contribution in [0.15, 0.2) is 21.0 Å². The second-order valence-corrected chi connectivity index (χ2v) is 4.53. The molecule has 2 rings (SSSR count). The maximum atomic E-state index is 5.73. The zero-order valence-electron chi connectivity index (χ0n) is 10.5. The van der Waals surface area contributed by atoms with E-state index in [1.165, 1.54) is 11.1 Å². The normalized spacial score (nSPS) is 11.4. The Morgan fingerprint density at radius 2 is 1.19 bits per heavy atom.